The maximum absolute atomic E-state index is 12.0. The molecule has 0 radical (unpaired) electrons. The van der Waals surface area contributed by atoms with Crippen molar-refractivity contribution in [2.24, 2.45) is 0 Å². The van der Waals surface area contributed by atoms with E-state index in [1.807, 2.05) is 37.3 Å². The molecule has 0 saturated carbocycles. The number of nitrogens with zero attached hydrogens (tertiary/aromatic N) is 2. The summed E-state index contributed by atoms with van der Waals surface area (Å²) in [5.41, 5.74) is 3.41. The number of amides is 1. The Morgan fingerprint density at radius 1 is 1.33 bits per heavy atom. The molecule has 6 nitrogen and oxygen atoms in total. The lowest BCUT2D eigenvalue weighted by atomic mass is 10.1. The highest BCUT2D eigenvalue weighted by Gasteiger charge is 2.14. The minimum atomic E-state index is -0.301. The number of hydrogen-bond donors (Lipinski definition) is 2. The van der Waals surface area contributed by atoms with Gasteiger partial charge in [0.05, 0.1) is 6.20 Å². The van der Waals surface area contributed by atoms with E-state index in [2.05, 4.69) is 20.7 Å². The number of carbonyl (C=O) groups is 1. The van der Waals surface area contributed by atoms with E-state index in [0.29, 0.717) is 12.2 Å². The van der Waals surface area contributed by atoms with Crippen LogP contribution in [0.25, 0.3) is 11.3 Å². The van der Waals surface area contributed by atoms with Gasteiger partial charge in [0.25, 0.3) is 5.91 Å². The first-order valence-corrected chi connectivity index (χ1v) is 6.53. The van der Waals surface area contributed by atoms with Crippen LogP contribution < -0.4 is 5.32 Å². The highest BCUT2D eigenvalue weighted by atomic mass is 16.5. The molecule has 21 heavy (non-hydrogen) atoms. The van der Waals surface area contributed by atoms with Gasteiger partial charge >= 0.3 is 0 Å². The van der Waals surface area contributed by atoms with Crippen molar-refractivity contribution in [3.05, 3.63) is 59.6 Å². The van der Waals surface area contributed by atoms with E-state index in [1.54, 1.807) is 12.3 Å². The average Bonchev–Trinajstić information content (AvgIpc) is 3.15. The third kappa shape index (κ3) is 2.84. The molecule has 0 atom stereocenters. The molecular weight excluding hydrogens is 268 g/mol. The predicted octanol–water partition coefficient (Wildman–Crippen LogP) is 2.30. The van der Waals surface area contributed by atoms with Crippen molar-refractivity contribution in [1.29, 1.82) is 0 Å². The van der Waals surface area contributed by atoms with Crippen LogP contribution in [0.2, 0.25) is 0 Å². The first-order valence-electron chi connectivity index (χ1n) is 6.53. The van der Waals surface area contributed by atoms with E-state index in [0.717, 1.165) is 16.8 Å². The maximum Gasteiger partial charge on any atom is 0.290 e. The largest absolute Gasteiger partial charge is 0.350 e. The molecule has 0 bridgehead atoms. The molecule has 1 aromatic carbocycles. The number of aryl methyl sites for hydroxylation is 1. The number of H-pyrrole nitrogens is 1. The van der Waals surface area contributed by atoms with Crippen LogP contribution in [0.3, 0.4) is 0 Å². The Kier molecular flexibility index (Phi) is 3.51. The first-order chi connectivity index (χ1) is 10.2. The molecule has 2 heterocycles. The van der Waals surface area contributed by atoms with Crippen molar-refractivity contribution in [3.8, 4) is 11.3 Å². The Balaban J connectivity index is 1.69. The van der Waals surface area contributed by atoms with Crippen LogP contribution >= 0.6 is 0 Å². The number of hydrogen-bond acceptors (Lipinski definition) is 4. The van der Waals surface area contributed by atoms with Gasteiger partial charge in [-0.2, -0.15) is 5.10 Å². The van der Waals surface area contributed by atoms with Gasteiger partial charge in [-0.05, 0) is 6.92 Å². The molecule has 0 spiro atoms. The summed E-state index contributed by atoms with van der Waals surface area (Å²) >= 11 is 0. The molecule has 3 aromatic rings. The zero-order chi connectivity index (χ0) is 14.7. The van der Waals surface area contributed by atoms with Crippen LogP contribution in [0, 0.1) is 6.92 Å². The Hall–Kier alpha value is -2.89. The van der Waals surface area contributed by atoms with E-state index in [1.165, 1.54) is 0 Å². The van der Waals surface area contributed by atoms with Crippen molar-refractivity contribution < 1.29 is 9.32 Å². The minimum Gasteiger partial charge on any atom is -0.350 e. The van der Waals surface area contributed by atoms with Gasteiger partial charge < -0.3 is 9.84 Å². The molecule has 2 N–H and O–H groups in total. The van der Waals surface area contributed by atoms with E-state index in [-0.39, 0.29) is 11.7 Å². The van der Waals surface area contributed by atoms with Crippen LogP contribution in [0.5, 0.6) is 0 Å². The number of aromatic nitrogens is 3. The Bertz CT molecular complexity index is 746. The van der Waals surface area contributed by atoms with Crippen LogP contribution in [0.4, 0.5) is 0 Å². The summed E-state index contributed by atoms with van der Waals surface area (Å²) in [7, 11) is 0. The first kappa shape index (κ1) is 13.1. The molecule has 3 rings (SSSR count). The maximum atomic E-state index is 12.0. The standard InChI is InChI=1S/C15H14N4O2/c1-10-12(9-17-18-10)8-16-15(20)14-7-13(19-21-14)11-5-3-2-4-6-11/h2-7,9H,8H2,1H3,(H,16,20)(H,17,18). The fraction of sp³-hybridized carbons (Fsp3) is 0.133. The summed E-state index contributed by atoms with van der Waals surface area (Å²) in [4.78, 5) is 12.0. The fourth-order valence-electron chi connectivity index (χ4n) is 1.94. The third-order valence-corrected chi connectivity index (χ3v) is 3.18. The number of carbonyl (C=O) groups excluding carboxylic acids is 1. The van der Waals surface area contributed by atoms with Crippen molar-refractivity contribution >= 4 is 5.91 Å². The van der Waals surface area contributed by atoms with Crippen LogP contribution in [-0.2, 0) is 6.54 Å². The quantitative estimate of drug-likeness (QED) is 0.769. The monoisotopic (exact) mass is 282 g/mol. The van der Waals surface area contributed by atoms with Crippen LogP contribution in [0.15, 0.2) is 47.1 Å². The van der Waals surface area contributed by atoms with Crippen molar-refractivity contribution in [3.63, 3.8) is 0 Å². The van der Waals surface area contributed by atoms with E-state index in [9.17, 15) is 4.79 Å². The highest BCUT2D eigenvalue weighted by molar-refractivity contribution is 5.92. The summed E-state index contributed by atoms with van der Waals surface area (Å²) in [5.74, 6) is -0.111. The molecule has 0 aliphatic rings. The van der Waals surface area contributed by atoms with E-state index >= 15 is 0 Å². The lowest BCUT2D eigenvalue weighted by molar-refractivity contribution is 0.0914. The normalized spacial score (nSPS) is 10.5. The number of rotatable bonds is 4. The van der Waals surface area contributed by atoms with Crippen LogP contribution in [-0.4, -0.2) is 21.3 Å². The van der Waals surface area contributed by atoms with Crippen molar-refractivity contribution in [2.45, 2.75) is 13.5 Å². The Morgan fingerprint density at radius 2 is 2.14 bits per heavy atom. The molecule has 0 fully saturated rings. The molecule has 0 aliphatic carbocycles. The number of aromatic amines is 1. The molecule has 0 saturated heterocycles. The van der Waals surface area contributed by atoms with Gasteiger partial charge in [0.1, 0.15) is 5.69 Å². The van der Waals surface area contributed by atoms with Crippen molar-refractivity contribution in [1.82, 2.24) is 20.7 Å². The molecule has 0 unspecified atom stereocenters. The number of nitrogens with one attached hydrogen (secondary N) is 2. The molecule has 106 valence electrons. The lowest BCUT2D eigenvalue weighted by Gasteiger charge is -2.00. The van der Waals surface area contributed by atoms with Gasteiger partial charge in [0, 0.05) is 29.4 Å². The molecule has 1 amide bonds. The van der Waals surface area contributed by atoms with Gasteiger partial charge in [-0.3, -0.25) is 9.89 Å². The summed E-state index contributed by atoms with van der Waals surface area (Å²) in [6.45, 7) is 2.29. The Morgan fingerprint density at radius 3 is 2.86 bits per heavy atom. The smallest absolute Gasteiger partial charge is 0.290 e. The number of benzene rings is 1. The minimum absolute atomic E-state index is 0.190. The second kappa shape index (κ2) is 5.62. The molecule has 6 heteroatoms. The van der Waals surface area contributed by atoms with Gasteiger partial charge in [0.15, 0.2) is 0 Å². The third-order valence-electron chi connectivity index (χ3n) is 3.18. The van der Waals surface area contributed by atoms with Gasteiger partial charge in [-0.1, -0.05) is 35.5 Å². The van der Waals surface area contributed by atoms with Gasteiger partial charge in [-0.25, -0.2) is 0 Å². The Labute approximate surface area is 121 Å². The topological polar surface area (TPSA) is 83.8 Å². The lowest BCUT2D eigenvalue weighted by Crippen LogP contribution is -2.22. The summed E-state index contributed by atoms with van der Waals surface area (Å²) in [6, 6.07) is 11.2. The van der Waals surface area contributed by atoms with E-state index < -0.39 is 0 Å². The zero-order valence-corrected chi connectivity index (χ0v) is 11.5. The second-order valence-corrected chi connectivity index (χ2v) is 4.65. The molecule has 0 aliphatic heterocycles. The molecule has 2 aromatic heterocycles. The zero-order valence-electron chi connectivity index (χ0n) is 11.5. The fourth-order valence-corrected chi connectivity index (χ4v) is 1.94. The SMILES string of the molecule is Cc1[nH]ncc1CNC(=O)c1cc(-c2ccccc2)no1. The van der Waals surface area contributed by atoms with Crippen LogP contribution in [0.1, 0.15) is 21.8 Å². The van der Waals surface area contributed by atoms with Crippen molar-refractivity contribution in [2.75, 3.05) is 0 Å². The predicted molar refractivity (Wildman–Crippen MR) is 76.4 cm³/mol. The molecular formula is C15H14N4O2. The highest BCUT2D eigenvalue weighted by Crippen LogP contribution is 2.18. The average molecular weight is 282 g/mol. The second-order valence-electron chi connectivity index (χ2n) is 4.65. The van der Waals surface area contributed by atoms with Gasteiger partial charge in [-0.15, -0.1) is 0 Å². The van der Waals surface area contributed by atoms with E-state index in [4.69, 9.17) is 4.52 Å². The summed E-state index contributed by atoms with van der Waals surface area (Å²) < 4.78 is 5.10. The summed E-state index contributed by atoms with van der Waals surface area (Å²) in [5, 5.41) is 13.4. The van der Waals surface area contributed by atoms with Gasteiger partial charge in [0.2, 0.25) is 5.76 Å². The summed E-state index contributed by atoms with van der Waals surface area (Å²) in [6.07, 6.45) is 1.69.